The summed E-state index contributed by atoms with van der Waals surface area (Å²) in [5.74, 6) is 0.826. The molecule has 0 radical (unpaired) electrons. The molecule has 5 nitrogen and oxygen atoms in total. The van der Waals surface area contributed by atoms with E-state index in [0.717, 1.165) is 0 Å². The van der Waals surface area contributed by atoms with Gasteiger partial charge in [0.1, 0.15) is 18.0 Å². The third-order valence-electron chi connectivity index (χ3n) is 2.75. The van der Waals surface area contributed by atoms with Crippen molar-refractivity contribution in [1.29, 1.82) is 5.41 Å². The summed E-state index contributed by atoms with van der Waals surface area (Å²) in [4.78, 5) is 8.21. The van der Waals surface area contributed by atoms with E-state index in [1.54, 1.807) is 24.3 Å². The summed E-state index contributed by atoms with van der Waals surface area (Å²) in [6.45, 7) is 6.04. The molecule has 4 N–H and O–H groups in total. The van der Waals surface area contributed by atoms with E-state index in [2.05, 4.69) is 15.3 Å². The van der Waals surface area contributed by atoms with Crippen molar-refractivity contribution in [2.45, 2.75) is 26.3 Å². The highest BCUT2D eigenvalue weighted by molar-refractivity contribution is 6.30. The molecule has 0 unspecified atom stereocenters. The van der Waals surface area contributed by atoms with Gasteiger partial charge in [-0.3, -0.25) is 5.41 Å². The van der Waals surface area contributed by atoms with Crippen molar-refractivity contribution in [3.05, 3.63) is 46.7 Å². The van der Waals surface area contributed by atoms with Crippen LogP contribution in [0, 0.1) is 5.41 Å². The normalized spacial score (nSPS) is 11.2. The zero-order chi connectivity index (χ0) is 15.6. The molecule has 0 aliphatic carbocycles. The predicted octanol–water partition coefficient (Wildman–Crippen LogP) is 3.34. The smallest absolute Gasteiger partial charge is 0.141 e. The second-order valence-electron chi connectivity index (χ2n) is 5.74. The van der Waals surface area contributed by atoms with Crippen molar-refractivity contribution < 1.29 is 0 Å². The third-order valence-corrected chi connectivity index (χ3v) is 3.00. The van der Waals surface area contributed by atoms with Gasteiger partial charge in [0.25, 0.3) is 0 Å². The van der Waals surface area contributed by atoms with Gasteiger partial charge in [-0.05, 0) is 32.9 Å². The molecule has 2 aromatic rings. The van der Waals surface area contributed by atoms with Gasteiger partial charge in [-0.25, -0.2) is 9.97 Å². The largest absolute Gasteiger partial charge is 0.383 e. The first-order chi connectivity index (χ1) is 9.78. The second-order valence-corrected chi connectivity index (χ2v) is 6.18. The first-order valence-corrected chi connectivity index (χ1v) is 6.89. The molecular weight excluding hydrogens is 286 g/mol. The molecular formula is C15H18ClN5. The van der Waals surface area contributed by atoms with Crippen LogP contribution in [0.2, 0.25) is 5.02 Å². The molecule has 0 saturated carbocycles. The van der Waals surface area contributed by atoms with Crippen molar-refractivity contribution in [3.63, 3.8) is 0 Å². The highest BCUT2D eigenvalue weighted by atomic mass is 35.5. The van der Waals surface area contributed by atoms with Crippen molar-refractivity contribution >= 4 is 28.9 Å². The van der Waals surface area contributed by atoms with Crippen LogP contribution in [0.3, 0.4) is 0 Å². The lowest BCUT2D eigenvalue weighted by Crippen LogP contribution is -2.28. The summed E-state index contributed by atoms with van der Waals surface area (Å²) in [7, 11) is 0. The van der Waals surface area contributed by atoms with Crippen LogP contribution in [0.4, 0.5) is 11.6 Å². The van der Waals surface area contributed by atoms with Gasteiger partial charge in [0.15, 0.2) is 0 Å². The number of rotatable bonds is 3. The quantitative estimate of drug-likeness (QED) is 0.759. The molecule has 21 heavy (non-hydrogen) atoms. The van der Waals surface area contributed by atoms with Gasteiger partial charge < -0.3 is 11.1 Å². The Morgan fingerprint density at radius 2 is 1.81 bits per heavy atom. The van der Waals surface area contributed by atoms with E-state index >= 15 is 0 Å². The Hall–Kier alpha value is -2.14. The Morgan fingerprint density at radius 3 is 2.38 bits per heavy atom. The molecule has 0 spiro atoms. The lowest BCUT2D eigenvalue weighted by atomic mass is 10.0. The number of nitrogens with two attached hydrogens (primary N) is 1. The molecule has 0 saturated heterocycles. The number of nitrogens with one attached hydrogen (secondary N) is 2. The van der Waals surface area contributed by atoms with E-state index in [4.69, 9.17) is 22.7 Å². The number of halogens is 1. The Bertz CT molecular complexity index is 659. The molecule has 1 heterocycles. The first kappa shape index (κ1) is 15.3. The maximum Gasteiger partial charge on any atom is 0.141 e. The zero-order valence-corrected chi connectivity index (χ0v) is 13.0. The number of aromatic nitrogens is 2. The monoisotopic (exact) mass is 303 g/mol. The zero-order valence-electron chi connectivity index (χ0n) is 12.2. The van der Waals surface area contributed by atoms with E-state index < -0.39 is 0 Å². The van der Waals surface area contributed by atoms with Crippen LogP contribution in [0.1, 0.15) is 31.9 Å². The molecule has 1 aromatic heterocycles. The van der Waals surface area contributed by atoms with E-state index in [0.29, 0.717) is 22.0 Å². The average molecular weight is 304 g/mol. The minimum absolute atomic E-state index is 0.199. The molecule has 0 bridgehead atoms. The maximum absolute atomic E-state index is 8.39. The molecule has 0 aliphatic rings. The van der Waals surface area contributed by atoms with Gasteiger partial charge >= 0.3 is 0 Å². The number of anilines is 2. The van der Waals surface area contributed by atoms with Gasteiger partial charge in [0.2, 0.25) is 0 Å². The van der Waals surface area contributed by atoms with E-state index in [-0.39, 0.29) is 17.1 Å². The van der Waals surface area contributed by atoms with Gasteiger partial charge in [-0.15, -0.1) is 0 Å². The third kappa shape index (κ3) is 3.70. The van der Waals surface area contributed by atoms with Crippen LogP contribution in [0.25, 0.3) is 0 Å². The van der Waals surface area contributed by atoms with Gasteiger partial charge in [0, 0.05) is 16.1 Å². The molecule has 0 amide bonds. The minimum Gasteiger partial charge on any atom is -0.383 e. The standard InChI is InChI=1S/C15H18ClN5/c1-15(2,3)21-14-11(13(18)19-8-20-14)12(17)9-4-6-10(16)7-5-9/h4-8,17H,1-3H3,(H3,18,19,20,21). The SMILES string of the molecule is CC(C)(C)Nc1ncnc(N)c1C(=N)c1ccc(Cl)cc1. The van der Waals surface area contributed by atoms with E-state index in [1.165, 1.54) is 6.33 Å². The summed E-state index contributed by atoms with van der Waals surface area (Å²) in [5, 5.41) is 12.3. The maximum atomic E-state index is 8.39. The van der Waals surface area contributed by atoms with Gasteiger partial charge in [-0.2, -0.15) is 0 Å². The van der Waals surface area contributed by atoms with Gasteiger partial charge in [-0.1, -0.05) is 23.7 Å². The minimum atomic E-state index is -0.199. The van der Waals surface area contributed by atoms with Crippen LogP contribution >= 0.6 is 11.6 Å². The number of hydrogen-bond acceptors (Lipinski definition) is 5. The van der Waals surface area contributed by atoms with Crippen LogP contribution in [-0.4, -0.2) is 21.2 Å². The molecule has 1 aromatic carbocycles. The molecule has 6 heteroatoms. The second kappa shape index (κ2) is 5.69. The number of benzene rings is 1. The van der Waals surface area contributed by atoms with Crippen molar-refractivity contribution in [3.8, 4) is 0 Å². The molecule has 2 rings (SSSR count). The fourth-order valence-electron chi connectivity index (χ4n) is 1.86. The van der Waals surface area contributed by atoms with Crippen LogP contribution in [0.15, 0.2) is 30.6 Å². The van der Waals surface area contributed by atoms with Crippen LogP contribution in [-0.2, 0) is 0 Å². The molecule has 0 fully saturated rings. The first-order valence-electron chi connectivity index (χ1n) is 6.51. The molecule has 0 aliphatic heterocycles. The average Bonchev–Trinajstić information content (AvgIpc) is 2.37. The van der Waals surface area contributed by atoms with Crippen molar-refractivity contribution in [1.82, 2.24) is 9.97 Å². The van der Waals surface area contributed by atoms with Crippen molar-refractivity contribution in [2.75, 3.05) is 11.1 Å². The summed E-state index contributed by atoms with van der Waals surface area (Å²) in [6, 6.07) is 7.03. The van der Waals surface area contributed by atoms with Crippen LogP contribution < -0.4 is 11.1 Å². The number of nitrogen functional groups attached to an aromatic ring is 1. The summed E-state index contributed by atoms with van der Waals surface area (Å²) in [6.07, 6.45) is 1.39. The van der Waals surface area contributed by atoms with Crippen molar-refractivity contribution in [2.24, 2.45) is 0 Å². The highest BCUT2D eigenvalue weighted by Gasteiger charge is 2.19. The number of hydrogen-bond donors (Lipinski definition) is 3. The Labute approximate surface area is 129 Å². The van der Waals surface area contributed by atoms with E-state index in [9.17, 15) is 0 Å². The summed E-state index contributed by atoms with van der Waals surface area (Å²) >= 11 is 5.88. The van der Waals surface area contributed by atoms with Gasteiger partial charge in [0.05, 0.1) is 11.3 Å². The lowest BCUT2D eigenvalue weighted by Gasteiger charge is -2.23. The Kier molecular flexibility index (Phi) is 4.14. The lowest BCUT2D eigenvalue weighted by molar-refractivity contribution is 0.630. The predicted molar refractivity (Wildman–Crippen MR) is 87.2 cm³/mol. The topological polar surface area (TPSA) is 87.7 Å². The molecule has 110 valence electrons. The summed E-state index contributed by atoms with van der Waals surface area (Å²) in [5.41, 5.74) is 7.21. The fraction of sp³-hybridized carbons (Fsp3) is 0.267. The number of nitrogens with zero attached hydrogens (tertiary/aromatic N) is 2. The molecule has 0 atom stereocenters. The Balaban J connectivity index is 2.47. The highest BCUT2D eigenvalue weighted by Crippen LogP contribution is 2.24. The van der Waals surface area contributed by atoms with Crippen LogP contribution in [0.5, 0.6) is 0 Å². The van der Waals surface area contributed by atoms with E-state index in [1.807, 2.05) is 20.8 Å². The fourth-order valence-corrected chi connectivity index (χ4v) is 1.98. The Morgan fingerprint density at radius 1 is 1.19 bits per heavy atom. The summed E-state index contributed by atoms with van der Waals surface area (Å²) < 4.78 is 0.